The molecule has 0 saturated carbocycles. The maximum Gasteiger partial charge on any atom is 0.237 e. The Balaban J connectivity index is 1.68. The normalized spacial score (nSPS) is 11.3. The van der Waals surface area contributed by atoms with Crippen LogP contribution in [0.4, 0.5) is 5.69 Å². The lowest BCUT2D eigenvalue weighted by molar-refractivity contribution is -0.115. The van der Waals surface area contributed by atoms with Gasteiger partial charge in [-0.2, -0.15) is 5.26 Å². The number of anilines is 1. The van der Waals surface area contributed by atoms with E-state index in [0.29, 0.717) is 17.9 Å². The summed E-state index contributed by atoms with van der Waals surface area (Å²) in [5, 5.41) is 11.5. The van der Waals surface area contributed by atoms with Crippen LogP contribution in [-0.4, -0.2) is 23.5 Å². The molecule has 4 nitrogen and oxygen atoms in total. The van der Waals surface area contributed by atoms with Crippen molar-refractivity contribution >= 4 is 23.4 Å². The van der Waals surface area contributed by atoms with Gasteiger partial charge in [0.25, 0.3) is 0 Å². The molecule has 0 aliphatic rings. The maximum absolute atomic E-state index is 12.0. The van der Waals surface area contributed by atoms with E-state index in [-0.39, 0.29) is 11.2 Å². The number of amides is 1. The van der Waals surface area contributed by atoms with Crippen molar-refractivity contribution in [2.45, 2.75) is 12.2 Å². The molecule has 0 bridgehead atoms. The molecule has 0 aromatic heterocycles. The summed E-state index contributed by atoms with van der Waals surface area (Å²) in [5.41, 5.74) is 1.41. The van der Waals surface area contributed by atoms with Crippen molar-refractivity contribution in [1.29, 1.82) is 5.26 Å². The van der Waals surface area contributed by atoms with Gasteiger partial charge in [0, 0.05) is 11.4 Å². The molecule has 0 heterocycles. The molecule has 0 fully saturated rings. The zero-order valence-corrected chi connectivity index (χ0v) is 13.7. The predicted octanol–water partition coefficient (Wildman–Crippen LogP) is 3.70. The van der Waals surface area contributed by atoms with Crippen molar-refractivity contribution in [2.75, 3.05) is 17.7 Å². The molecule has 1 N–H and O–H groups in total. The highest BCUT2D eigenvalue weighted by molar-refractivity contribution is 8.00. The third-order valence-corrected chi connectivity index (χ3v) is 4.23. The van der Waals surface area contributed by atoms with E-state index in [4.69, 9.17) is 10.00 Å². The number of nitrogens with zero attached hydrogens (tertiary/aromatic N) is 1. The zero-order chi connectivity index (χ0) is 16.5. The number of ether oxygens (including phenoxy) is 1. The van der Waals surface area contributed by atoms with E-state index in [2.05, 4.69) is 11.4 Å². The van der Waals surface area contributed by atoms with E-state index in [0.717, 1.165) is 11.4 Å². The minimum Gasteiger partial charge on any atom is -0.493 e. The van der Waals surface area contributed by atoms with Crippen LogP contribution in [0.1, 0.15) is 12.5 Å². The summed E-state index contributed by atoms with van der Waals surface area (Å²) in [6, 6.07) is 18.5. The van der Waals surface area contributed by atoms with Crippen LogP contribution in [0.15, 0.2) is 54.6 Å². The van der Waals surface area contributed by atoms with Crippen LogP contribution >= 0.6 is 11.8 Å². The average molecular weight is 326 g/mol. The van der Waals surface area contributed by atoms with Gasteiger partial charge in [0.1, 0.15) is 5.75 Å². The second-order valence-corrected chi connectivity index (χ2v) is 6.30. The number of rotatable bonds is 7. The highest BCUT2D eigenvalue weighted by Gasteiger charge is 2.13. The second-order valence-electron chi connectivity index (χ2n) is 4.85. The number of nitriles is 1. The van der Waals surface area contributed by atoms with Gasteiger partial charge >= 0.3 is 0 Å². The summed E-state index contributed by atoms with van der Waals surface area (Å²) in [6.07, 6.45) is 0. The Morgan fingerprint density at radius 2 is 1.91 bits per heavy atom. The molecule has 118 valence electrons. The first kappa shape index (κ1) is 16.9. The van der Waals surface area contributed by atoms with E-state index in [1.807, 2.05) is 37.3 Å². The molecule has 2 aromatic carbocycles. The van der Waals surface area contributed by atoms with E-state index < -0.39 is 0 Å². The molecule has 23 heavy (non-hydrogen) atoms. The van der Waals surface area contributed by atoms with Gasteiger partial charge in [-0.3, -0.25) is 4.79 Å². The molecule has 0 aliphatic heterocycles. The maximum atomic E-state index is 12.0. The summed E-state index contributed by atoms with van der Waals surface area (Å²) in [6.45, 7) is 2.39. The average Bonchev–Trinajstić information content (AvgIpc) is 2.60. The first-order chi connectivity index (χ1) is 11.2. The van der Waals surface area contributed by atoms with E-state index in [1.54, 1.807) is 36.0 Å². The molecule has 2 aromatic rings. The topological polar surface area (TPSA) is 62.1 Å². The first-order valence-corrected chi connectivity index (χ1v) is 8.34. The fourth-order valence-electron chi connectivity index (χ4n) is 1.85. The third kappa shape index (κ3) is 5.68. The molecular formula is C18H18N2O2S. The Labute approximate surface area is 140 Å². The number of benzene rings is 2. The number of carbonyl (C=O) groups is 1. The minimum atomic E-state index is -0.153. The fourth-order valence-corrected chi connectivity index (χ4v) is 2.59. The lowest BCUT2D eigenvalue weighted by Crippen LogP contribution is -2.23. The number of para-hydroxylation sites is 1. The van der Waals surface area contributed by atoms with Gasteiger partial charge < -0.3 is 10.1 Å². The highest BCUT2D eigenvalue weighted by Crippen LogP contribution is 2.16. The van der Waals surface area contributed by atoms with Gasteiger partial charge in [0.05, 0.1) is 23.5 Å². The van der Waals surface area contributed by atoms with Gasteiger partial charge in [-0.15, -0.1) is 11.8 Å². The number of carbonyl (C=O) groups excluding carboxylic acids is 1. The van der Waals surface area contributed by atoms with Crippen LogP contribution in [0.5, 0.6) is 5.75 Å². The Bertz CT molecular complexity index is 666. The van der Waals surface area contributed by atoms with Crippen molar-refractivity contribution < 1.29 is 9.53 Å². The van der Waals surface area contributed by atoms with E-state index in [9.17, 15) is 4.79 Å². The molecule has 0 saturated heterocycles. The van der Waals surface area contributed by atoms with Gasteiger partial charge in [0.2, 0.25) is 5.91 Å². The molecule has 1 amide bonds. The number of hydrogen-bond acceptors (Lipinski definition) is 4. The van der Waals surface area contributed by atoms with Gasteiger partial charge in [-0.05, 0) is 43.3 Å². The largest absolute Gasteiger partial charge is 0.493 e. The standard InChI is InChI=1S/C18H18N2O2S/c1-14(18(21)20-16-5-3-2-4-6-16)23-12-11-22-17-9-7-15(13-19)8-10-17/h2-10,14H,11-12H2,1H3,(H,20,21). The SMILES string of the molecule is CC(SCCOc1ccc(C#N)cc1)C(=O)Nc1ccccc1. The molecule has 0 radical (unpaired) electrons. The number of thioether (sulfide) groups is 1. The fraction of sp³-hybridized carbons (Fsp3) is 0.222. The smallest absolute Gasteiger partial charge is 0.237 e. The van der Waals surface area contributed by atoms with Crippen LogP contribution in [0.2, 0.25) is 0 Å². The van der Waals surface area contributed by atoms with Crippen molar-refractivity contribution in [2.24, 2.45) is 0 Å². The first-order valence-electron chi connectivity index (χ1n) is 7.29. The van der Waals surface area contributed by atoms with Gasteiger partial charge in [-0.1, -0.05) is 18.2 Å². The van der Waals surface area contributed by atoms with E-state index >= 15 is 0 Å². The summed E-state index contributed by atoms with van der Waals surface area (Å²) in [5.74, 6) is 1.43. The van der Waals surface area contributed by atoms with Crippen molar-refractivity contribution in [1.82, 2.24) is 0 Å². The Morgan fingerprint density at radius 3 is 2.57 bits per heavy atom. The van der Waals surface area contributed by atoms with Crippen molar-refractivity contribution in [3.05, 3.63) is 60.2 Å². The number of nitrogens with one attached hydrogen (secondary N) is 1. The zero-order valence-electron chi connectivity index (χ0n) is 12.9. The third-order valence-electron chi connectivity index (χ3n) is 3.11. The summed E-state index contributed by atoms with van der Waals surface area (Å²) < 4.78 is 5.59. The molecule has 2 rings (SSSR count). The van der Waals surface area contributed by atoms with Crippen LogP contribution in [-0.2, 0) is 4.79 Å². The van der Waals surface area contributed by atoms with Crippen LogP contribution in [0.3, 0.4) is 0 Å². The Hall–Kier alpha value is -2.45. The monoisotopic (exact) mass is 326 g/mol. The van der Waals surface area contributed by atoms with E-state index in [1.165, 1.54) is 0 Å². The van der Waals surface area contributed by atoms with Crippen molar-refractivity contribution in [3.63, 3.8) is 0 Å². The molecular weight excluding hydrogens is 308 g/mol. The second kappa shape index (κ2) is 8.86. The molecule has 5 heteroatoms. The highest BCUT2D eigenvalue weighted by atomic mass is 32.2. The van der Waals surface area contributed by atoms with Gasteiger partial charge in [0.15, 0.2) is 0 Å². The quantitative estimate of drug-likeness (QED) is 0.788. The predicted molar refractivity (Wildman–Crippen MR) is 93.6 cm³/mol. The van der Waals surface area contributed by atoms with Gasteiger partial charge in [-0.25, -0.2) is 0 Å². The molecule has 1 atom stereocenters. The van der Waals surface area contributed by atoms with Crippen LogP contribution < -0.4 is 10.1 Å². The lowest BCUT2D eigenvalue weighted by Gasteiger charge is -2.12. The Kier molecular flexibility index (Phi) is 6.52. The summed E-state index contributed by atoms with van der Waals surface area (Å²) in [4.78, 5) is 12.0. The van der Waals surface area contributed by atoms with Crippen LogP contribution in [0, 0.1) is 11.3 Å². The van der Waals surface area contributed by atoms with Crippen LogP contribution in [0.25, 0.3) is 0 Å². The summed E-state index contributed by atoms with van der Waals surface area (Å²) in [7, 11) is 0. The summed E-state index contributed by atoms with van der Waals surface area (Å²) >= 11 is 1.54. The molecule has 0 spiro atoms. The minimum absolute atomic E-state index is 0.0143. The number of hydrogen-bond donors (Lipinski definition) is 1. The lowest BCUT2D eigenvalue weighted by atomic mass is 10.2. The Morgan fingerprint density at radius 1 is 1.22 bits per heavy atom. The molecule has 1 unspecified atom stereocenters. The molecule has 0 aliphatic carbocycles. The van der Waals surface area contributed by atoms with Crippen molar-refractivity contribution in [3.8, 4) is 11.8 Å².